The fourth-order valence-electron chi connectivity index (χ4n) is 3.84. The van der Waals surface area contributed by atoms with Gasteiger partial charge in [-0.1, -0.05) is 23.9 Å². The van der Waals surface area contributed by atoms with Crippen LogP contribution < -0.4 is 0 Å². The van der Waals surface area contributed by atoms with Crippen LogP contribution in [0, 0.1) is 16.6 Å². The Bertz CT molecular complexity index is 989. The molecular weight excluding hydrogens is 457 g/mol. The summed E-state index contributed by atoms with van der Waals surface area (Å²) >= 11 is 0.974. The van der Waals surface area contributed by atoms with Crippen LogP contribution in [-0.2, 0) is 16.0 Å². The second-order valence-corrected chi connectivity index (χ2v) is 9.26. The molecule has 0 saturated heterocycles. The first-order chi connectivity index (χ1) is 16.1. The number of hydrogen-bond acceptors (Lipinski definition) is 8. The average molecular weight is 490 g/mol. The van der Waals surface area contributed by atoms with Crippen LogP contribution in [0.3, 0.4) is 0 Å². The van der Waals surface area contributed by atoms with E-state index >= 15 is 0 Å². The lowest BCUT2D eigenvalue weighted by molar-refractivity contribution is -0.175. The zero-order chi connectivity index (χ0) is 25.5. The number of benzene rings is 1. The molecule has 0 aliphatic heterocycles. The van der Waals surface area contributed by atoms with Crippen molar-refractivity contribution < 1.29 is 19.1 Å². The lowest BCUT2D eigenvalue weighted by atomic mass is 9.83. The highest BCUT2D eigenvalue weighted by Gasteiger charge is 2.47. The Morgan fingerprint density at radius 3 is 2.29 bits per heavy atom. The van der Waals surface area contributed by atoms with Gasteiger partial charge < -0.3 is 10.0 Å². The van der Waals surface area contributed by atoms with Crippen molar-refractivity contribution >= 4 is 34.5 Å². The molecule has 1 aliphatic rings. The normalized spacial score (nSPS) is 15.8. The number of halogens is 1. The quantitative estimate of drug-likeness (QED) is 0.0805. The maximum atomic E-state index is 13.1. The summed E-state index contributed by atoms with van der Waals surface area (Å²) in [7, 11) is 1.78. The second-order valence-electron chi connectivity index (χ2n) is 8.15. The Hall–Kier alpha value is -2.98. The number of aldehydes is 1. The number of hydrogen-bond donors (Lipinski definition) is 3. The van der Waals surface area contributed by atoms with E-state index in [1.54, 1.807) is 49.1 Å². The van der Waals surface area contributed by atoms with Crippen molar-refractivity contribution in [3.05, 3.63) is 58.9 Å². The molecular formula is C24H32FN5O3S. The summed E-state index contributed by atoms with van der Waals surface area (Å²) in [5, 5.41) is 30.6. The molecule has 10 heteroatoms. The van der Waals surface area contributed by atoms with Gasteiger partial charge in [0.05, 0.1) is 15.8 Å². The molecule has 0 aromatic heterocycles. The number of carbonyl (C=O) groups excluding carboxylic acids is 2. The van der Waals surface area contributed by atoms with E-state index in [9.17, 15) is 19.1 Å². The number of rotatable bonds is 11. The Morgan fingerprint density at radius 1 is 1.21 bits per heavy atom. The molecule has 3 N–H and O–H groups in total. The smallest absolute Gasteiger partial charge is 0.211 e. The van der Waals surface area contributed by atoms with E-state index in [0.717, 1.165) is 43.0 Å². The van der Waals surface area contributed by atoms with Gasteiger partial charge in [0, 0.05) is 26.2 Å². The molecule has 1 saturated carbocycles. The summed E-state index contributed by atoms with van der Waals surface area (Å²) in [5.41, 5.74) is 0.916. The van der Waals surface area contributed by atoms with E-state index in [2.05, 4.69) is 0 Å². The molecule has 0 spiro atoms. The van der Waals surface area contributed by atoms with Gasteiger partial charge in [0.15, 0.2) is 12.0 Å². The maximum Gasteiger partial charge on any atom is 0.211 e. The van der Waals surface area contributed by atoms with Gasteiger partial charge >= 0.3 is 0 Å². The predicted molar refractivity (Wildman–Crippen MR) is 133 cm³/mol. The minimum absolute atomic E-state index is 0.120. The summed E-state index contributed by atoms with van der Waals surface area (Å²) in [4.78, 5) is 24.7. The van der Waals surface area contributed by atoms with Crippen molar-refractivity contribution in [2.75, 3.05) is 13.6 Å². The molecule has 184 valence electrons. The molecule has 1 fully saturated rings. The van der Waals surface area contributed by atoms with Crippen LogP contribution in [0.15, 0.2) is 47.5 Å². The van der Waals surface area contributed by atoms with E-state index in [0.29, 0.717) is 18.4 Å². The number of nitrogens with zero attached hydrogens (tertiary/aromatic N) is 3. The summed E-state index contributed by atoms with van der Waals surface area (Å²) in [5.74, 6) is -0.802. The van der Waals surface area contributed by atoms with Crippen LogP contribution in [0.1, 0.15) is 45.6 Å². The van der Waals surface area contributed by atoms with Crippen molar-refractivity contribution in [3.63, 3.8) is 0 Å². The zero-order valence-corrected chi connectivity index (χ0v) is 20.8. The molecule has 2 rings (SSSR count). The SMILES string of the molecule is CCN(C=O)C1(N(C)N(/C=C(\C)C(=N)SC(=N)Cc2ccc(F)cc2)/C(C)=C(/O)C=O)CCC1. The fourth-order valence-corrected chi connectivity index (χ4v) is 4.54. The van der Waals surface area contributed by atoms with Crippen molar-refractivity contribution in [2.45, 2.75) is 52.1 Å². The molecule has 0 bridgehead atoms. The number of thioether (sulfide) groups is 1. The topological polar surface area (TPSA) is 112 Å². The first-order valence-electron chi connectivity index (χ1n) is 11.0. The van der Waals surface area contributed by atoms with E-state index in [1.807, 2.05) is 11.9 Å². The highest BCUT2D eigenvalue weighted by Crippen LogP contribution is 2.41. The van der Waals surface area contributed by atoms with Gasteiger partial charge in [0.1, 0.15) is 11.5 Å². The van der Waals surface area contributed by atoms with Gasteiger partial charge in [0.2, 0.25) is 6.41 Å². The molecule has 1 amide bonds. The minimum Gasteiger partial charge on any atom is -0.503 e. The van der Waals surface area contributed by atoms with Crippen molar-refractivity contribution in [1.82, 2.24) is 14.9 Å². The van der Waals surface area contributed by atoms with E-state index in [-0.39, 0.29) is 28.0 Å². The fraction of sp³-hybridized carbons (Fsp3) is 0.417. The van der Waals surface area contributed by atoms with Gasteiger partial charge in [-0.2, -0.15) is 5.01 Å². The number of aliphatic hydroxyl groups is 1. The third-order valence-electron chi connectivity index (χ3n) is 6.09. The highest BCUT2D eigenvalue weighted by atomic mass is 32.2. The van der Waals surface area contributed by atoms with Crippen molar-refractivity contribution in [2.24, 2.45) is 0 Å². The Morgan fingerprint density at radius 2 is 1.82 bits per heavy atom. The average Bonchev–Trinajstić information content (AvgIpc) is 2.79. The number of amides is 1. The number of nitrogens with one attached hydrogen (secondary N) is 2. The van der Waals surface area contributed by atoms with Gasteiger partial charge in [-0.3, -0.25) is 25.4 Å². The van der Waals surface area contributed by atoms with Gasteiger partial charge in [-0.15, -0.1) is 0 Å². The van der Waals surface area contributed by atoms with E-state index in [1.165, 1.54) is 12.1 Å². The van der Waals surface area contributed by atoms with E-state index in [4.69, 9.17) is 10.8 Å². The van der Waals surface area contributed by atoms with Gasteiger partial charge in [-0.05, 0) is 63.3 Å². The van der Waals surface area contributed by atoms with Gasteiger partial charge in [0.25, 0.3) is 0 Å². The number of hydrazine groups is 1. The molecule has 0 radical (unpaired) electrons. The molecule has 0 atom stereocenters. The van der Waals surface area contributed by atoms with Crippen LogP contribution in [0.25, 0.3) is 0 Å². The first kappa shape index (κ1) is 27.3. The third kappa shape index (κ3) is 6.12. The zero-order valence-electron chi connectivity index (χ0n) is 20.0. The van der Waals surface area contributed by atoms with Gasteiger partial charge in [-0.25, -0.2) is 4.39 Å². The number of allylic oxidation sites excluding steroid dienone is 2. The second kappa shape index (κ2) is 11.9. The van der Waals surface area contributed by atoms with Crippen LogP contribution in [0.2, 0.25) is 0 Å². The van der Waals surface area contributed by atoms with Crippen molar-refractivity contribution in [1.29, 1.82) is 10.8 Å². The molecule has 8 nitrogen and oxygen atoms in total. The summed E-state index contributed by atoms with van der Waals surface area (Å²) in [6, 6.07) is 5.88. The minimum atomic E-state index is -0.609. The molecule has 1 aromatic carbocycles. The number of carbonyl (C=O) groups is 2. The summed E-state index contributed by atoms with van der Waals surface area (Å²) in [6.45, 7) is 5.68. The number of aliphatic hydroxyl groups excluding tert-OH is 1. The van der Waals surface area contributed by atoms with Crippen LogP contribution in [0.5, 0.6) is 0 Å². The molecule has 1 aromatic rings. The maximum absolute atomic E-state index is 13.1. The standard InChI is InChI=1S/C24H32FN5O3S/c1-5-29(16-32)24(11-6-12-24)28(4)30(18(3)21(33)15-31)14-17(2)23(27)34-22(26)13-19-7-9-20(25)10-8-19/h7-10,14-16,26-27,33H,5-6,11-13H2,1-4H3/b17-14+,21-18+,26-22?,27-23?. The summed E-state index contributed by atoms with van der Waals surface area (Å²) < 4.78 is 13.1. The monoisotopic (exact) mass is 489 g/mol. The largest absolute Gasteiger partial charge is 0.503 e. The molecule has 0 unspecified atom stereocenters. The molecule has 0 heterocycles. The van der Waals surface area contributed by atoms with Crippen LogP contribution in [0.4, 0.5) is 4.39 Å². The predicted octanol–water partition coefficient (Wildman–Crippen LogP) is 4.46. The first-order valence-corrected chi connectivity index (χ1v) is 11.8. The summed E-state index contributed by atoms with van der Waals surface area (Å²) in [6.07, 6.45) is 5.42. The third-order valence-corrected chi connectivity index (χ3v) is 7.00. The molecule has 34 heavy (non-hydrogen) atoms. The molecule has 1 aliphatic carbocycles. The van der Waals surface area contributed by atoms with Crippen LogP contribution >= 0.6 is 11.8 Å². The Balaban J connectivity index is 2.28. The van der Waals surface area contributed by atoms with Crippen molar-refractivity contribution in [3.8, 4) is 0 Å². The van der Waals surface area contributed by atoms with E-state index < -0.39 is 11.4 Å². The highest BCUT2D eigenvalue weighted by molar-refractivity contribution is 8.26. The lowest BCUT2D eigenvalue weighted by Gasteiger charge is -2.56. The Labute approximate surface area is 204 Å². The lowest BCUT2D eigenvalue weighted by Crippen LogP contribution is -2.66. The Kier molecular flexibility index (Phi) is 9.57. The van der Waals surface area contributed by atoms with Crippen LogP contribution in [-0.4, -0.2) is 62.1 Å².